The second-order valence-electron chi connectivity index (χ2n) is 7.53. The Morgan fingerprint density at radius 3 is 0.725 bits per heavy atom. The third kappa shape index (κ3) is 16.1. The molecule has 0 radical (unpaired) electrons. The summed E-state index contributed by atoms with van der Waals surface area (Å²) in [5.74, 6) is -0.966. The zero-order valence-corrected chi connectivity index (χ0v) is 21.4. The molecule has 0 unspecified atom stereocenters. The Balaban J connectivity index is 0.000000255. The standard InChI is InChI=1S/C8H6O4.4C6H6O/c9-7(10)5-2-1-3-6(4-5)8(11)12;4*7-6-4-2-1-3-5-6/h1-4H,(H,9,10)(H,11,12);4*1-5,7H. The Labute approximate surface area is 232 Å². The lowest BCUT2D eigenvalue weighted by Gasteiger charge is -1.95. The van der Waals surface area contributed by atoms with Crippen molar-refractivity contribution in [2.24, 2.45) is 0 Å². The molecule has 0 aliphatic carbocycles. The molecule has 0 aliphatic rings. The number of benzene rings is 5. The van der Waals surface area contributed by atoms with E-state index >= 15 is 0 Å². The fourth-order valence-corrected chi connectivity index (χ4v) is 2.50. The Bertz CT molecular complexity index is 1180. The number of aromatic carboxylic acids is 2. The van der Waals surface area contributed by atoms with Gasteiger partial charge in [-0.2, -0.15) is 0 Å². The van der Waals surface area contributed by atoms with Crippen molar-refractivity contribution in [3.8, 4) is 23.0 Å². The second kappa shape index (κ2) is 19.4. The molecule has 5 rings (SSSR count). The van der Waals surface area contributed by atoms with Gasteiger partial charge in [0.05, 0.1) is 11.1 Å². The number of phenols is 4. The smallest absolute Gasteiger partial charge is 0.335 e. The van der Waals surface area contributed by atoms with Crippen LogP contribution in [0.3, 0.4) is 0 Å². The summed E-state index contributed by atoms with van der Waals surface area (Å²) in [4.78, 5) is 20.8. The van der Waals surface area contributed by atoms with Crippen LogP contribution in [-0.4, -0.2) is 42.6 Å². The van der Waals surface area contributed by atoms with Crippen molar-refractivity contribution in [1.82, 2.24) is 0 Å². The fourth-order valence-electron chi connectivity index (χ4n) is 2.50. The maximum Gasteiger partial charge on any atom is 0.335 e. The fraction of sp³-hybridized carbons (Fsp3) is 0. The van der Waals surface area contributed by atoms with Gasteiger partial charge in [0, 0.05) is 0 Å². The average Bonchev–Trinajstić information content (AvgIpc) is 2.96. The number of hydrogen-bond acceptors (Lipinski definition) is 6. The van der Waals surface area contributed by atoms with Crippen LogP contribution in [0, 0.1) is 0 Å². The number of phenolic OH excluding ortho intramolecular Hbond substituents is 4. The van der Waals surface area contributed by atoms with E-state index in [2.05, 4.69) is 0 Å². The van der Waals surface area contributed by atoms with Crippen LogP contribution < -0.4 is 0 Å². The van der Waals surface area contributed by atoms with Crippen LogP contribution in [-0.2, 0) is 0 Å². The molecule has 206 valence electrons. The number of hydrogen-bond donors (Lipinski definition) is 6. The Kier molecular flexibility index (Phi) is 15.6. The number of carboxylic acids is 2. The average molecular weight is 543 g/mol. The van der Waals surface area contributed by atoms with Crippen molar-refractivity contribution in [3.63, 3.8) is 0 Å². The molecule has 8 heteroatoms. The van der Waals surface area contributed by atoms with E-state index < -0.39 is 11.9 Å². The van der Waals surface area contributed by atoms with Crippen LogP contribution in [0.2, 0.25) is 0 Å². The van der Waals surface area contributed by atoms with Crippen LogP contribution in [0.4, 0.5) is 0 Å². The molecule has 0 aliphatic heterocycles. The number of carboxylic acid groups (broad SMARTS) is 2. The third-order valence-electron chi connectivity index (χ3n) is 4.38. The van der Waals surface area contributed by atoms with Gasteiger partial charge in [0.1, 0.15) is 23.0 Å². The molecule has 0 saturated heterocycles. The van der Waals surface area contributed by atoms with Gasteiger partial charge in [0.15, 0.2) is 0 Å². The van der Waals surface area contributed by atoms with E-state index in [-0.39, 0.29) is 11.1 Å². The van der Waals surface area contributed by atoms with Crippen molar-refractivity contribution in [2.75, 3.05) is 0 Å². The molecule has 0 spiro atoms. The van der Waals surface area contributed by atoms with Gasteiger partial charge in [-0.15, -0.1) is 0 Å². The van der Waals surface area contributed by atoms with Crippen LogP contribution in [0.25, 0.3) is 0 Å². The summed E-state index contributed by atoms with van der Waals surface area (Å²) in [6.07, 6.45) is 0. The molecule has 0 fully saturated rings. The van der Waals surface area contributed by atoms with Gasteiger partial charge in [-0.1, -0.05) is 78.9 Å². The Hall–Kier alpha value is -5.76. The van der Waals surface area contributed by atoms with E-state index in [0.29, 0.717) is 23.0 Å². The molecular formula is C32H30O8. The van der Waals surface area contributed by atoms with Crippen molar-refractivity contribution in [2.45, 2.75) is 0 Å². The molecule has 5 aromatic rings. The van der Waals surface area contributed by atoms with Gasteiger partial charge in [-0.25, -0.2) is 9.59 Å². The molecule has 0 bridgehead atoms. The first-order valence-electron chi connectivity index (χ1n) is 11.7. The molecule has 0 heterocycles. The molecular weight excluding hydrogens is 512 g/mol. The molecule has 8 nitrogen and oxygen atoms in total. The molecule has 40 heavy (non-hydrogen) atoms. The van der Waals surface area contributed by atoms with Gasteiger partial charge < -0.3 is 30.6 Å². The summed E-state index contributed by atoms with van der Waals surface area (Å²) < 4.78 is 0. The second-order valence-corrected chi connectivity index (χ2v) is 7.53. The minimum absolute atomic E-state index is 0.0186. The number of carbonyl (C=O) groups is 2. The van der Waals surface area contributed by atoms with E-state index in [4.69, 9.17) is 30.6 Å². The first-order chi connectivity index (χ1) is 19.2. The quantitative estimate of drug-likeness (QED) is 0.145. The predicted molar refractivity (Wildman–Crippen MR) is 153 cm³/mol. The Morgan fingerprint density at radius 2 is 0.575 bits per heavy atom. The summed E-state index contributed by atoms with van der Waals surface area (Å²) in [5, 5.41) is 51.5. The first-order valence-corrected chi connectivity index (χ1v) is 11.7. The van der Waals surface area contributed by atoms with E-state index in [9.17, 15) is 9.59 Å². The lowest BCUT2D eigenvalue weighted by Crippen LogP contribution is -2.01. The van der Waals surface area contributed by atoms with Gasteiger partial charge in [0.2, 0.25) is 0 Å². The molecule has 0 aromatic heterocycles. The molecule has 0 saturated carbocycles. The zero-order chi connectivity index (χ0) is 29.6. The van der Waals surface area contributed by atoms with E-state index in [1.165, 1.54) is 18.2 Å². The predicted octanol–water partition coefficient (Wildman–Crippen LogP) is 6.65. The zero-order valence-electron chi connectivity index (χ0n) is 21.4. The first kappa shape index (κ1) is 32.3. The monoisotopic (exact) mass is 542 g/mol. The van der Waals surface area contributed by atoms with Crippen LogP contribution in [0.1, 0.15) is 20.7 Å². The van der Waals surface area contributed by atoms with Gasteiger partial charge >= 0.3 is 11.9 Å². The highest BCUT2D eigenvalue weighted by Gasteiger charge is 2.06. The summed E-state index contributed by atoms with van der Waals surface area (Å²) in [7, 11) is 0. The van der Waals surface area contributed by atoms with Crippen molar-refractivity contribution in [1.29, 1.82) is 0 Å². The van der Waals surface area contributed by atoms with Gasteiger partial charge in [-0.05, 0) is 66.7 Å². The highest BCUT2D eigenvalue weighted by Crippen LogP contribution is 2.06. The van der Waals surface area contributed by atoms with Crippen LogP contribution in [0.15, 0.2) is 146 Å². The molecule has 0 amide bonds. The highest BCUT2D eigenvalue weighted by molar-refractivity contribution is 5.93. The van der Waals surface area contributed by atoms with E-state index in [1.54, 1.807) is 97.1 Å². The molecule has 5 aromatic carbocycles. The topological polar surface area (TPSA) is 156 Å². The number of para-hydroxylation sites is 4. The Morgan fingerprint density at radius 1 is 0.350 bits per heavy atom. The molecule has 0 atom stereocenters. The SMILES string of the molecule is O=C(O)c1cccc(C(=O)O)c1.Oc1ccccc1.Oc1ccccc1.Oc1ccccc1.Oc1ccccc1. The maximum atomic E-state index is 10.4. The number of rotatable bonds is 2. The van der Waals surface area contributed by atoms with Crippen LogP contribution in [0.5, 0.6) is 23.0 Å². The largest absolute Gasteiger partial charge is 0.508 e. The van der Waals surface area contributed by atoms with Crippen molar-refractivity contribution in [3.05, 3.63) is 157 Å². The van der Waals surface area contributed by atoms with Gasteiger partial charge in [0.25, 0.3) is 0 Å². The maximum absolute atomic E-state index is 10.4. The summed E-state index contributed by atoms with van der Waals surface area (Å²) >= 11 is 0. The lowest BCUT2D eigenvalue weighted by atomic mass is 10.1. The lowest BCUT2D eigenvalue weighted by molar-refractivity contribution is 0.0696. The minimum atomic E-state index is -1.13. The summed E-state index contributed by atoms with van der Waals surface area (Å²) in [6, 6.07) is 40.0. The summed E-state index contributed by atoms with van der Waals surface area (Å²) in [5.41, 5.74) is -0.0372. The highest BCUT2D eigenvalue weighted by atomic mass is 16.4. The third-order valence-corrected chi connectivity index (χ3v) is 4.38. The van der Waals surface area contributed by atoms with Crippen molar-refractivity contribution >= 4 is 11.9 Å². The summed E-state index contributed by atoms with van der Waals surface area (Å²) in [6.45, 7) is 0. The minimum Gasteiger partial charge on any atom is -0.508 e. The normalized spacial score (nSPS) is 8.80. The molecule has 6 N–H and O–H groups in total. The number of aromatic hydroxyl groups is 4. The van der Waals surface area contributed by atoms with E-state index in [0.717, 1.165) is 6.07 Å². The van der Waals surface area contributed by atoms with Crippen LogP contribution >= 0.6 is 0 Å². The van der Waals surface area contributed by atoms with E-state index in [1.807, 2.05) is 24.3 Å². The van der Waals surface area contributed by atoms with Crippen molar-refractivity contribution < 1.29 is 40.2 Å². The van der Waals surface area contributed by atoms with Gasteiger partial charge in [-0.3, -0.25) is 0 Å².